The third-order valence-corrected chi connectivity index (χ3v) is 3.56. The fourth-order valence-corrected chi connectivity index (χ4v) is 2.48. The van der Waals surface area contributed by atoms with Crippen molar-refractivity contribution in [3.63, 3.8) is 0 Å². The second-order valence-corrected chi connectivity index (χ2v) is 5.40. The van der Waals surface area contributed by atoms with Crippen molar-refractivity contribution >= 4 is 28.7 Å². The molecule has 0 saturated heterocycles. The van der Waals surface area contributed by atoms with Gasteiger partial charge in [0.2, 0.25) is 5.78 Å². The molecule has 94 valence electrons. The van der Waals surface area contributed by atoms with Gasteiger partial charge in [0.05, 0.1) is 9.21 Å². The first-order valence-electron chi connectivity index (χ1n) is 5.28. The van der Waals surface area contributed by atoms with Crippen LogP contribution in [0.15, 0.2) is 36.4 Å². The SMILES string of the molecule is CC(Oc1ccc(F)cc1)C(=O)c1ccc(Cl)s1. The lowest BCUT2D eigenvalue weighted by Crippen LogP contribution is -2.23. The van der Waals surface area contributed by atoms with Crippen molar-refractivity contribution in [3.05, 3.63) is 51.4 Å². The van der Waals surface area contributed by atoms with Gasteiger partial charge < -0.3 is 4.74 Å². The lowest BCUT2D eigenvalue weighted by molar-refractivity contribution is 0.0822. The van der Waals surface area contributed by atoms with E-state index in [0.29, 0.717) is 15.0 Å². The molecule has 1 aromatic carbocycles. The van der Waals surface area contributed by atoms with E-state index in [-0.39, 0.29) is 11.6 Å². The van der Waals surface area contributed by atoms with Crippen LogP contribution in [-0.2, 0) is 0 Å². The van der Waals surface area contributed by atoms with Crippen LogP contribution in [0.4, 0.5) is 4.39 Å². The van der Waals surface area contributed by atoms with Crippen molar-refractivity contribution in [2.45, 2.75) is 13.0 Å². The van der Waals surface area contributed by atoms with Crippen molar-refractivity contribution in [2.75, 3.05) is 0 Å². The molecule has 2 rings (SSSR count). The van der Waals surface area contributed by atoms with Crippen LogP contribution in [0, 0.1) is 5.82 Å². The zero-order valence-electron chi connectivity index (χ0n) is 9.52. The molecule has 18 heavy (non-hydrogen) atoms. The Morgan fingerprint density at radius 3 is 2.50 bits per heavy atom. The highest BCUT2D eigenvalue weighted by atomic mass is 35.5. The lowest BCUT2D eigenvalue weighted by atomic mass is 10.2. The van der Waals surface area contributed by atoms with E-state index < -0.39 is 6.10 Å². The number of ketones is 1. The van der Waals surface area contributed by atoms with Gasteiger partial charge >= 0.3 is 0 Å². The Bertz CT molecular complexity index is 550. The van der Waals surface area contributed by atoms with Gasteiger partial charge in [0.25, 0.3) is 0 Å². The van der Waals surface area contributed by atoms with E-state index in [9.17, 15) is 9.18 Å². The van der Waals surface area contributed by atoms with Crippen LogP contribution in [0.1, 0.15) is 16.6 Å². The third-order valence-electron chi connectivity index (χ3n) is 2.31. The van der Waals surface area contributed by atoms with Gasteiger partial charge in [-0.3, -0.25) is 4.79 Å². The number of thiophene rings is 1. The average molecular weight is 285 g/mol. The Labute approximate surface area is 113 Å². The number of ether oxygens (including phenoxy) is 1. The van der Waals surface area contributed by atoms with Crippen LogP contribution in [0.25, 0.3) is 0 Å². The minimum absolute atomic E-state index is 0.142. The second kappa shape index (κ2) is 5.50. The number of carbonyl (C=O) groups excluding carboxylic acids is 1. The van der Waals surface area contributed by atoms with Crippen LogP contribution >= 0.6 is 22.9 Å². The molecule has 0 aliphatic rings. The Balaban J connectivity index is 2.05. The first kappa shape index (κ1) is 13.1. The molecule has 5 heteroatoms. The maximum Gasteiger partial charge on any atom is 0.212 e. The average Bonchev–Trinajstić information content (AvgIpc) is 2.78. The van der Waals surface area contributed by atoms with Crippen molar-refractivity contribution in [2.24, 2.45) is 0 Å². The summed E-state index contributed by atoms with van der Waals surface area (Å²) in [4.78, 5) is 12.5. The fraction of sp³-hybridized carbons (Fsp3) is 0.154. The molecule has 2 nitrogen and oxygen atoms in total. The highest BCUT2D eigenvalue weighted by Crippen LogP contribution is 2.23. The number of hydrogen-bond acceptors (Lipinski definition) is 3. The number of Topliss-reactive ketones (excluding diaryl/α,β-unsaturated/α-hetero) is 1. The lowest BCUT2D eigenvalue weighted by Gasteiger charge is -2.12. The van der Waals surface area contributed by atoms with E-state index in [4.69, 9.17) is 16.3 Å². The topological polar surface area (TPSA) is 26.3 Å². The minimum Gasteiger partial charge on any atom is -0.483 e. The number of carbonyl (C=O) groups is 1. The quantitative estimate of drug-likeness (QED) is 0.787. The summed E-state index contributed by atoms with van der Waals surface area (Å²) in [6, 6.07) is 8.88. The van der Waals surface area contributed by atoms with E-state index in [1.807, 2.05) is 0 Å². The number of benzene rings is 1. The molecule has 1 atom stereocenters. The second-order valence-electron chi connectivity index (χ2n) is 3.68. The van der Waals surface area contributed by atoms with Gasteiger partial charge in [-0.25, -0.2) is 4.39 Å². The first-order chi connectivity index (χ1) is 8.56. The van der Waals surface area contributed by atoms with Gasteiger partial charge in [-0.2, -0.15) is 0 Å². The van der Waals surface area contributed by atoms with Crippen LogP contribution in [-0.4, -0.2) is 11.9 Å². The molecular weight excluding hydrogens is 275 g/mol. The van der Waals surface area contributed by atoms with E-state index in [0.717, 1.165) is 0 Å². The summed E-state index contributed by atoms with van der Waals surface area (Å²) in [5, 5.41) is 0. The van der Waals surface area contributed by atoms with Crippen LogP contribution in [0.5, 0.6) is 5.75 Å². The summed E-state index contributed by atoms with van der Waals surface area (Å²) < 4.78 is 18.7. The van der Waals surface area contributed by atoms with E-state index >= 15 is 0 Å². The molecule has 0 saturated carbocycles. The van der Waals surface area contributed by atoms with Crippen LogP contribution in [0.2, 0.25) is 4.34 Å². The van der Waals surface area contributed by atoms with E-state index in [1.165, 1.54) is 35.6 Å². The Hall–Kier alpha value is -1.39. The maximum atomic E-state index is 12.7. The molecule has 0 aliphatic heterocycles. The molecule has 0 amide bonds. The third kappa shape index (κ3) is 3.09. The first-order valence-corrected chi connectivity index (χ1v) is 6.47. The molecular formula is C13H10ClFO2S. The normalized spacial score (nSPS) is 12.2. The standard InChI is InChI=1S/C13H10ClFO2S/c1-8(13(16)11-6-7-12(14)18-11)17-10-4-2-9(15)3-5-10/h2-8H,1H3. The molecule has 1 aromatic heterocycles. The molecule has 0 radical (unpaired) electrons. The molecule has 1 heterocycles. The monoisotopic (exact) mass is 284 g/mol. The van der Waals surface area contributed by atoms with Gasteiger partial charge in [-0.15, -0.1) is 11.3 Å². The van der Waals surface area contributed by atoms with Gasteiger partial charge in [0.15, 0.2) is 6.10 Å². The van der Waals surface area contributed by atoms with Crippen molar-refractivity contribution in [1.29, 1.82) is 0 Å². The van der Waals surface area contributed by atoms with Gasteiger partial charge in [-0.1, -0.05) is 11.6 Å². The molecule has 0 fully saturated rings. The Morgan fingerprint density at radius 1 is 1.28 bits per heavy atom. The summed E-state index contributed by atoms with van der Waals surface area (Å²) in [7, 11) is 0. The zero-order valence-corrected chi connectivity index (χ0v) is 11.1. The molecule has 0 spiro atoms. The smallest absolute Gasteiger partial charge is 0.212 e. The maximum absolute atomic E-state index is 12.7. The highest BCUT2D eigenvalue weighted by molar-refractivity contribution is 7.18. The summed E-state index contributed by atoms with van der Waals surface area (Å²) in [6.45, 7) is 1.65. The molecule has 0 bridgehead atoms. The van der Waals surface area contributed by atoms with Gasteiger partial charge in [0.1, 0.15) is 11.6 Å². The molecule has 0 N–H and O–H groups in total. The molecule has 0 aliphatic carbocycles. The zero-order chi connectivity index (χ0) is 13.1. The minimum atomic E-state index is -0.634. The number of rotatable bonds is 4. The van der Waals surface area contributed by atoms with E-state index in [2.05, 4.69) is 0 Å². The Morgan fingerprint density at radius 2 is 1.94 bits per heavy atom. The highest BCUT2D eigenvalue weighted by Gasteiger charge is 2.18. The molecule has 2 aromatic rings. The number of halogens is 2. The fourth-order valence-electron chi connectivity index (χ4n) is 1.42. The summed E-state index contributed by atoms with van der Waals surface area (Å²) >= 11 is 6.98. The van der Waals surface area contributed by atoms with Crippen LogP contribution in [0.3, 0.4) is 0 Å². The predicted molar refractivity (Wildman–Crippen MR) is 70.1 cm³/mol. The number of hydrogen-bond donors (Lipinski definition) is 0. The van der Waals surface area contributed by atoms with Gasteiger partial charge in [-0.05, 0) is 43.3 Å². The van der Waals surface area contributed by atoms with Crippen molar-refractivity contribution in [3.8, 4) is 5.75 Å². The predicted octanol–water partition coefficient (Wildman–Crippen LogP) is 4.19. The summed E-state index contributed by atoms with van der Waals surface area (Å²) in [5.41, 5.74) is 0. The van der Waals surface area contributed by atoms with Gasteiger partial charge in [0, 0.05) is 0 Å². The van der Waals surface area contributed by atoms with E-state index in [1.54, 1.807) is 19.1 Å². The largest absolute Gasteiger partial charge is 0.483 e. The van der Waals surface area contributed by atoms with Crippen molar-refractivity contribution in [1.82, 2.24) is 0 Å². The van der Waals surface area contributed by atoms with Crippen molar-refractivity contribution < 1.29 is 13.9 Å². The summed E-state index contributed by atoms with van der Waals surface area (Å²) in [5.74, 6) is -0.0255. The Kier molecular flexibility index (Phi) is 3.99. The summed E-state index contributed by atoms with van der Waals surface area (Å²) in [6.07, 6.45) is -0.634. The van der Waals surface area contributed by atoms with Crippen LogP contribution < -0.4 is 4.74 Å². The molecule has 1 unspecified atom stereocenters.